The van der Waals surface area contributed by atoms with E-state index < -0.39 is 5.97 Å². The van der Waals surface area contributed by atoms with E-state index in [0.717, 1.165) is 66.7 Å². The molecule has 0 saturated carbocycles. The lowest BCUT2D eigenvalue weighted by atomic mass is 10.1. The molecule has 0 aliphatic heterocycles. The Bertz CT molecular complexity index is 2170. The second kappa shape index (κ2) is 13.1. The molecule has 8 nitrogen and oxygen atoms in total. The predicted molar refractivity (Wildman–Crippen MR) is 179 cm³/mol. The molecular weight excluding hydrogens is 578 g/mol. The third kappa shape index (κ3) is 6.38. The van der Waals surface area contributed by atoms with Gasteiger partial charge in [-0.2, -0.15) is 0 Å². The van der Waals surface area contributed by atoms with Gasteiger partial charge in [0.1, 0.15) is 24.7 Å². The fraction of sp³-hybridized carbons (Fsp3) is 0.132. The number of carboxylic acids is 1. The molecular formula is C38H33N3O5. The van der Waals surface area contributed by atoms with Gasteiger partial charge < -0.3 is 24.6 Å². The van der Waals surface area contributed by atoms with Crippen molar-refractivity contribution in [2.75, 3.05) is 0 Å². The van der Waals surface area contributed by atoms with Crippen molar-refractivity contribution >= 4 is 38.7 Å². The number of nitrogens with zero attached hydrogens (tertiary/aromatic N) is 3. The summed E-state index contributed by atoms with van der Waals surface area (Å²) in [6.07, 6.45) is -0.0688. The van der Waals surface area contributed by atoms with E-state index in [-0.39, 0.29) is 11.9 Å². The van der Waals surface area contributed by atoms with Crippen LogP contribution in [0.3, 0.4) is 0 Å². The van der Waals surface area contributed by atoms with Gasteiger partial charge in [0.25, 0.3) is 0 Å². The van der Waals surface area contributed by atoms with E-state index in [1.54, 1.807) is 0 Å². The first-order chi connectivity index (χ1) is 22.0. The van der Waals surface area contributed by atoms with Crippen molar-refractivity contribution in [2.45, 2.75) is 33.1 Å². The van der Waals surface area contributed by atoms with Gasteiger partial charge in [0, 0.05) is 33.9 Å². The smallest absolute Gasteiger partial charge is 0.307 e. The lowest BCUT2D eigenvalue weighted by Crippen LogP contribution is -2.05. The molecule has 3 N–H and O–H groups in total. The maximum Gasteiger partial charge on any atom is 0.307 e. The number of aromatic nitrogens is 3. The van der Waals surface area contributed by atoms with Crippen LogP contribution >= 0.6 is 0 Å². The number of ether oxygens (including phenoxy) is 2. The third-order valence-corrected chi connectivity index (χ3v) is 8.10. The molecule has 7 aromatic rings. The van der Waals surface area contributed by atoms with Crippen molar-refractivity contribution in [3.8, 4) is 11.5 Å². The zero-order chi connectivity index (χ0) is 30.8. The minimum absolute atomic E-state index is 0. The molecule has 0 atom stereocenters. The van der Waals surface area contributed by atoms with Crippen molar-refractivity contribution in [2.24, 2.45) is 0 Å². The predicted octanol–water partition coefficient (Wildman–Crippen LogP) is 7.05. The van der Waals surface area contributed by atoms with Crippen LogP contribution in [0.25, 0.3) is 32.7 Å². The molecule has 3 heterocycles. The van der Waals surface area contributed by atoms with E-state index in [1.165, 1.54) is 0 Å². The summed E-state index contributed by atoms with van der Waals surface area (Å²) in [6.45, 7) is 3.27. The highest BCUT2D eigenvalue weighted by Gasteiger charge is 2.18. The third-order valence-electron chi connectivity index (χ3n) is 8.10. The summed E-state index contributed by atoms with van der Waals surface area (Å²) < 4.78 is 14.3. The first-order valence-electron chi connectivity index (χ1n) is 14.9. The van der Waals surface area contributed by atoms with Gasteiger partial charge in [-0.3, -0.25) is 4.79 Å². The van der Waals surface area contributed by atoms with Crippen LogP contribution in [0.5, 0.6) is 11.5 Å². The number of fused-ring (bicyclic) bond motifs is 3. The Morgan fingerprint density at radius 2 is 1.28 bits per heavy atom. The van der Waals surface area contributed by atoms with Gasteiger partial charge in [-0.15, -0.1) is 0 Å². The number of carboxylic acid groups (broad SMARTS) is 1. The molecule has 0 radical (unpaired) electrons. The van der Waals surface area contributed by atoms with Crippen LogP contribution in [-0.4, -0.2) is 31.1 Å². The fourth-order valence-electron chi connectivity index (χ4n) is 5.76. The highest BCUT2D eigenvalue weighted by atomic mass is 16.5. The van der Waals surface area contributed by atoms with E-state index in [0.29, 0.717) is 25.5 Å². The van der Waals surface area contributed by atoms with Crippen molar-refractivity contribution in [3.63, 3.8) is 0 Å². The maximum absolute atomic E-state index is 11.8. The number of para-hydroxylation sites is 2. The molecule has 0 fully saturated rings. The molecule has 230 valence electrons. The van der Waals surface area contributed by atoms with Crippen molar-refractivity contribution in [1.82, 2.24) is 14.5 Å². The Labute approximate surface area is 265 Å². The SMILES string of the molecule is Cc1c(CC(=O)O)c2cc(OCc3ccc4ccccc4n3)ccc2n1Cc1ccc(OCc2ccc3ccccc3n2)cc1.O. The number of pyridine rings is 2. The molecule has 8 heteroatoms. The number of carbonyl (C=O) groups is 1. The molecule has 0 bridgehead atoms. The zero-order valence-electron chi connectivity index (χ0n) is 25.3. The van der Waals surface area contributed by atoms with Gasteiger partial charge in [-0.05, 0) is 72.6 Å². The van der Waals surface area contributed by atoms with E-state index in [4.69, 9.17) is 14.5 Å². The highest BCUT2D eigenvalue weighted by Crippen LogP contribution is 2.31. The first-order valence-corrected chi connectivity index (χ1v) is 14.9. The molecule has 7 rings (SSSR count). The average Bonchev–Trinajstić information content (AvgIpc) is 3.31. The molecule has 4 aromatic carbocycles. The Balaban J connectivity index is 0.00000372. The molecule has 46 heavy (non-hydrogen) atoms. The summed E-state index contributed by atoms with van der Waals surface area (Å²) in [6, 6.07) is 38.0. The monoisotopic (exact) mass is 611 g/mol. The second-order valence-corrected chi connectivity index (χ2v) is 11.1. The number of benzene rings is 4. The van der Waals surface area contributed by atoms with Crippen molar-refractivity contribution < 1.29 is 24.9 Å². The highest BCUT2D eigenvalue weighted by molar-refractivity contribution is 5.90. The number of rotatable bonds is 10. The Morgan fingerprint density at radius 3 is 1.89 bits per heavy atom. The molecule has 0 spiro atoms. The summed E-state index contributed by atoms with van der Waals surface area (Å²) in [5.41, 5.74) is 7.32. The van der Waals surface area contributed by atoms with E-state index in [2.05, 4.69) is 15.6 Å². The molecule has 0 aliphatic rings. The minimum Gasteiger partial charge on any atom is -0.487 e. The van der Waals surface area contributed by atoms with Crippen LogP contribution in [0, 0.1) is 6.92 Å². The van der Waals surface area contributed by atoms with Crippen molar-refractivity contribution in [3.05, 3.63) is 143 Å². The molecule has 0 aliphatic carbocycles. The first kappa shape index (κ1) is 30.3. The van der Waals surface area contributed by atoms with Crippen LogP contribution in [-0.2, 0) is 31.0 Å². The van der Waals surface area contributed by atoms with Crippen LogP contribution in [0.2, 0.25) is 0 Å². The second-order valence-electron chi connectivity index (χ2n) is 11.1. The molecule has 3 aromatic heterocycles. The van der Waals surface area contributed by atoms with Crippen LogP contribution in [0.1, 0.15) is 28.2 Å². The van der Waals surface area contributed by atoms with Gasteiger partial charge in [0.05, 0.1) is 28.8 Å². The quantitative estimate of drug-likeness (QED) is 0.177. The van der Waals surface area contributed by atoms with Crippen LogP contribution < -0.4 is 9.47 Å². The summed E-state index contributed by atoms with van der Waals surface area (Å²) in [5.74, 6) is 0.562. The normalized spacial score (nSPS) is 11.1. The van der Waals surface area contributed by atoms with Gasteiger partial charge in [0.15, 0.2) is 0 Å². The van der Waals surface area contributed by atoms with Gasteiger partial charge in [0.2, 0.25) is 0 Å². The number of hydrogen-bond acceptors (Lipinski definition) is 5. The Kier molecular flexibility index (Phi) is 8.63. The summed E-state index contributed by atoms with van der Waals surface area (Å²) in [7, 11) is 0. The average molecular weight is 612 g/mol. The molecule has 0 saturated heterocycles. The summed E-state index contributed by atoms with van der Waals surface area (Å²) >= 11 is 0. The van der Waals surface area contributed by atoms with E-state index >= 15 is 0 Å². The summed E-state index contributed by atoms with van der Waals surface area (Å²) in [5, 5.41) is 12.8. The maximum atomic E-state index is 11.8. The zero-order valence-corrected chi connectivity index (χ0v) is 25.3. The van der Waals surface area contributed by atoms with E-state index in [1.807, 2.05) is 116 Å². The van der Waals surface area contributed by atoms with Crippen LogP contribution in [0.4, 0.5) is 0 Å². The lowest BCUT2D eigenvalue weighted by molar-refractivity contribution is -0.136. The topological polar surface area (TPSA) is 118 Å². The fourth-order valence-corrected chi connectivity index (χ4v) is 5.76. The number of hydrogen-bond donors (Lipinski definition) is 1. The summed E-state index contributed by atoms with van der Waals surface area (Å²) in [4.78, 5) is 21.2. The van der Waals surface area contributed by atoms with Gasteiger partial charge >= 0.3 is 5.97 Å². The largest absolute Gasteiger partial charge is 0.487 e. The Hall–Kier alpha value is -5.73. The number of aliphatic carboxylic acids is 1. The molecule has 0 amide bonds. The molecule has 0 unspecified atom stereocenters. The van der Waals surface area contributed by atoms with Crippen LogP contribution in [0.15, 0.2) is 115 Å². The minimum atomic E-state index is -0.869. The van der Waals surface area contributed by atoms with Gasteiger partial charge in [-0.1, -0.05) is 60.7 Å². The van der Waals surface area contributed by atoms with Crippen molar-refractivity contribution in [1.29, 1.82) is 0 Å². The van der Waals surface area contributed by atoms with E-state index in [9.17, 15) is 9.90 Å². The Morgan fingerprint density at radius 1 is 0.717 bits per heavy atom. The standard InChI is InChI=1S/C38H31N3O4.H2O/c1-25-33(21-38(42)43)34-20-32(45-24-30-15-13-28-7-3-5-9-36(28)40-30)18-19-37(34)41(25)22-26-10-16-31(17-11-26)44-23-29-14-12-27-6-2-4-8-35(27)39-29;/h2-20H,21-24H2,1H3,(H,42,43);1H2. The lowest BCUT2D eigenvalue weighted by Gasteiger charge is -2.11. The van der Waals surface area contributed by atoms with Gasteiger partial charge in [-0.25, -0.2) is 9.97 Å².